The molecule has 1 aromatic heterocycles. The van der Waals surface area contributed by atoms with Crippen molar-refractivity contribution in [2.45, 2.75) is 45.6 Å². The molecule has 0 bridgehead atoms. The highest BCUT2D eigenvalue weighted by Crippen LogP contribution is 2.18. The van der Waals surface area contributed by atoms with Crippen LogP contribution in [0.2, 0.25) is 0 Å². The number of rotatable bonds is 8. The zero-order valence-electron chi connectivity index (χ0n) is 17.3. The van der Waals surface area contributed by atoms with Crippen molar-refractivity contribution in [3.63, 3.8) is 0 Å². The first-order valence-corrected chi connectivity index (χ1v) is 10.6. The largest absolute Gasteiger partial charge is 0.356 e. The van der Waals surface area contributed by atoms with E-state index in [9.17, 15) is 4.79 Å². The third kappa shape index (κ3) is 6.46. The van der Waals surface area contributed by atoms with E-state index in [4.69, 9.17) is 0 Å². The molecule has 0 aromatic carbocycles. The highest BCUT2D eigenvalue weighted by molar-refractivity contribution is 7.11. The van der Waals surface area contributed by atoms with Crippen LogP contribution in [0, 0.1) is 13.8 Å². The van der Waals surface area contributed by atoms with E-state index in [2.05, 4.69) is 39.4 Å². The summed E-state index contributed by atoms with van der Waals surface area (Å²) in [6, 6.07) is 0.0580. The summed E-state index contributed by atoms with van der Waals surface area (Å²) in [5.41, 5.74) is 1.13. The van der Waals surface area contributed by atoms with Gasteiger partial charge in [-0.05, 0) is 39.7 Å². The van der Waals surface area contributed by atoms with Gasteiger partial charge in [0.15, 0.2) is 5.96 Å². The average molecular weight is 395 g/mol. The van der Waals surface area contributed by atoms with Gasteiger partial charge in [-0.1, -0.05) is 0 Å². The molecule has 1 amide bonds. The van der Waals surface area contributed by atoms with Crippen LogP contribution in [0.3, 0.4) is 0 Å². The number of hydrogen-bond donors (Lipinski definition) is 2. The van der Waals surface area contributed by atoms with Gasteiger partial charge in [-0.2, -0.15) is 0 Å². The molecule has 1 aliphatic rings. The fourth-order valence-corrected chi connectivity index (χ4v) is 4.25. The van der Waals surface area contributed by atoms with Crippen LogP contribution in [0.5, 0.6) is 0 Å². The van der Waals surface area contributed by atoms with Crippen LogP contribution in [0.4, 0.5) is 0 Å². The maximum atomic E-state index is 12.2. The molecule has 1 aromatic rings. The second-order valence-electron chi connectivity index (χ2n) is 7.21. The number of aryl methyl sites for hydroxylation is 2. The molecule has 1 atom stereocenters. The van der Waals surface area contributed by atoms with E-state index < -0.39 is 0 Å². The Balaban J connectivity index is 1.65. The zero-order chi connectivity index (χ0) is 19.8. The van der Waals surface area contributed by atoms with Crippen molar-refractivity contribution in [3.05, 3.63) is 15.6 Å². The van der Waals surface area contributed by atoms with Crippen molar-refractivity contribution < 1.29 is 4.79 Å². The van der Waals surface area contributed by atoms with E-state index in [1.807, 2.05) is 14.1 Å². The van der Waals surface area contributed by atoms with E-state index in [0.717, 1.165) is 63.5 Å². The maximum Gasteiger partial charge on any atom is 0.239 e. The number of amides is 1. The van der Waals surface area contributed by atoms with Gasteiger partial charge in [-0.15, -0.1) is 11.3 Å². The minimum atomic E-state index is 0.0580. The lowest BCUT2D eigenvalue weighted by atomic mass is 10.2. The van der Waals surface area contributed by atoms with Crippen molar-refractivity contribution in [1.29, 1.82) is 0 Å². The Morgan fingerprint density at radius 1 is 1.33 bits per heavy atom. The van der Waals surface area contributed by atoms with Gasteiger partial charge in [0.1, 0.15) is 0 Å². The Hall–Kier alpha value is -1.67. The lowest BCUT2D eigenvalue weighted by molar-refractivity contribution is -0.133. The Labute approximate surface area is 167 Å². The molecule has 2 N–H and O–H groups in total. The van der Waals surface area contributed by atoms with E-state index in [0.29, 0.717) is 0 Å². The van der Waals surface area contributed by atoms with Crippen molar-refractivity contribution in [2.24, 2.45) is 4.99 Å². The van der Waals surface area contributed by atoms with Gasteiger partial charge in [0.2, 0.25) is 5.91 Å². The molecule has 7 nitrogen and oxygen atoms in total. The van der Waals surface area contributed by atoms with Gasteiger partial charge in [0.25, 0.3) is 0 Å². The summed E-state index contributed by atoms with van der Waals surface area (Å²) < 4.78 is 0. The van der Waals surface area contributed by atoms with Gasteiger partial charge < -0.3 is 15.5 Å². The first kappa shape index (κ1) is 21.6. The van der Waals surface area contributed by atoms with Crippen LogP contribution < -0.4 is 10.6 Å². The molecule has 27 heavy (non-hydrogen) atoms. The Bertz CT molecular complexity index is 623. The molecule has 152 valence electrons. The maximum absolute atomic E-state index is 12.2. The van der Waals surface area contributed by atoms with E-state index in [-0.39, 0.29) is 11.9 Å². The summed E-state index contributed by atoms with van der Waals surface area (Å²) in [5.74, 6) is 1.05. The third-order valence-corrected chi connectivity index (χ3v) is 6.06. The standard InChI is InChI=1S/C19H34N6OS/c1-14-15(2)27-17(23-14)9-11-22-19(20-3)21-10-7-13-25-12-6-8-16(25)18(26)24(4)5/h16H,6-13H2,1-5H3,(H2,20,21,22). The van der Waals surface area contributed by atoms with Crippen LogP contribution in [-0.2, 0) is 11.2 Å². The molecule has 1 saturated heterocycles. The molecule has 1 aliphatic heterocycles. The summed E-state index contributed by atoms with van der Waals surface area (Å²) in [6.07, 6.45) is 3.98. The SMILES string of the molecule is CN=C(NCCCN1CCCC1C(=O)N(C)C)NCCc1nc(C)c(C)s1. The summed E-state index contributed by atoms with van der Waals surface area (Å²) in [5, 5.41) is 7.88. The van der Waals surface area contributed by atoms with Crippen LogP contribution in [0.25, 0.3) is 0 Å². The van der Waals surface area contributed by atoms with E-state index in [1.165, 1.54) is 9.88 Å². The average Bonchev–Trinajstić information content (AvgIpc) is 3.22. The number of likely N-dealkylation sites (tertiary alicyclic amines) is 1. The molecule has 2 rings (SSSR count). The van der Waals surface area contributed by atoms with Crippen molar-refractivity contribution in [1.82, 2.24) is 25.4 Å². The van der Waals surface area contributed by atoms with Crippen molar-refractivity contribution in [2.75, 3.05) is 47.3 Å². The van der Waals surface area contributed by atoms with E-state index in [1.54, 1.807) is 23.3 Å². The minimum Gasteiger partial charge on any atom is -0.356 e. The zero-order valence-corrected chi connectivity index (χ0v) is 18.2. The Morgan fingerprint density at radius 3 is 2.70 bits per heavy atom. The monoisotopic (exact) mass is 394 g/mol. The smallest absolute Gasteiger partial charge is 0.239 e. The number of carbonyl (C=O) groups is 1. The fourth-order valence-electron chi connectivity index (χ4n) is 3.31. The number of nitrogens with zero attached hydrogens (tertiary/aromatic N) is 4. The van der Waals surface area contributed by atoms with Gasteiger partial charge in [-0.3, -0.25) is 14.7 Å². The topological polar surface area (TPSA) is 72.9 Å². The summed E-state index contributed by atoms with van der Waals surface area (Å²) in [7, 11) is 5.47. The molecular formula is C19H34N6OS. The number of likely N-dealkylation sites (N-methyl/N-ethyl adjacent to an activating group) is 1. The summed E-state index contributed by atoms with van der Waals surface area (Å²) in [4.78, 5) is 26.4. The molecule has 1 fully saturated rings. The summed E-state index contributed by atoms with van der Waals surface area (Å²) >= 11 is 1.77. The van der Waals surface area contributed by atoms with Gasteiger partial charge in [-0.25, -0.2) is 4.98 Å². The highest BCUT2D eigenvalue weighted by Gasteiger charge is 2.30. The summed E-state index contributed by atoms with van der Waals surface area (Å²) in [6.45, 7) is 7.78. The van der Waals surface area contributed by atoms with Gasteiger partial charge >= 0.3 is 0 Å². The van der Waals surface area contributed by atoms with Gasteiger partial charge in [0.05, 0.1) is 16.7 Å². The lowest BCUT2D eigenvalue weighted by Gasteiger charge is -2.26. The Kier molecular flexibility index (Phi) is 8.50. The van der Waals surface area contributed by atoms with Gasteiger partial charge in [0, 0.05) is 52.1 Å². The third-order valence-electron chi connectivity index (χ3n) is 4.93. The number of thiazole rings is 1. The van der Waals surface area contributed by atoms with Crippen molar-refractivity contribution in [3.8, 4) is 0 Å². The minimum absolute atomic E-state index is 0.0580. The van der Waals surface area contributed by atoms with Crippen LogP contribution >= 0.6 is 11.3 Å². The molecule has 8 heteroatoms. The molecule has 0 spiro atoms. The number of carbonyl (C=O) groups excluding carboxylic acids is 1. The molecule has 1 unspecified atom stereocenters. The molecule has 2 heterocycles. The number of guanidine groups is 1. The number of hydrogen-bond acceptors (Lipinski definition) is 5. The van der Waals surface area contributed by atoms with Crippen molar-refractivity contribution >= 4 is 23.2 Å². The van der Waals surface area contributed by atoms with Crippen LogP contribution in [0.15, 0.2) is 4.99 Å². The number of aliphatic imine (C=N–C) groups is 1. The predicted octanol–water partition coefficient (Wildman–Crippen LogP) is 1.41. The molecule has 0 aliphatic carbocycles. The van der Waals surface area contributed by atoms with Crippen LogP contribution in [-0.4, -0.2) is 80.0 Å². The lowest BCUT2D eigenvalue weighted by Crippen LogP contribution is -2.44. The molecule has 0 radical (unpaired) electrons. The first-order valence-electron chi connectivity index (χ1n) is 9.75. The second-order valence-corrected chi connectivity index (χ2v) is 8.49. The van der Waals surface area contributed by atoms with Crippen LogP contribution in [0.1, 0.15) is 34.8 Å². The second kappa shape index (κ2) is 10.6. The number of nitrogens with one attached hydrogen (secondary N) is 2. The highest BCUT2D eigenvalue weighted by atomic mass is 32.1. The molecular weight excluding hydrogens is 360 g/mol. The number of aromatic nitrogens is 1. The first-order chi connectivity index (χ1) is 12.9. The predicted molar refractivity (Wildman–Crippen MR) is 113 cm³/mol. The normalized spacial score (nSPS) is 18.0. The molecule has 0 saturated carbocycles. The Morgan fingerprint density at radius 2 is 2.07 bits per heavy atom. The quantitative estimate of drug-likeness (QED) is 0.396. The van der Waals surface area contributed by atoms with E-state index >= 15 is 0 Å². The fraction of sp³-hybridized carbons (Fsp3) is 0.737.